The second-order valence-electron chi connectivity index (χ2n) is 8.75. The number of hydrogen-bond donors (Lipinski definition) is 1. The largest absolute Gasteiger partial charge is 0.487 e. The van der Waals surface area contributed by atoms with Crippen molar-refractivity contribution in [2.45, 2.75) is 45.3 Å². The van der Waals surface area contributed by atoms with Gasteiger partial charge in [-0.1, -0.05) is 62.2 Å². The minimum Gasteiger partial charge on any atom is -0.487 e. The van der Waals surface area contributed by atoms with Crippen molar-refractivity contribution < 1.29 is 9.53 Å². The van der Waals surface area contributed by atoms with Crippen molar-refractivity contribution in [2.24, 2.45) is 5.92 Å². The molecule has 1 aliphatic rings. The summed E-state index contributed by atoms with van der Waals surface area (Å²) in [4.78, 5) is 12.8. The summed E-state index contributed by atoms with van der Waals surface area (Å²) >= 11 is 4.51. The van der Waals surface area contributed by atoms with Gasteiger partial charge in [0.15, 0.2) is 0 Å². The molecule has 1 N–H and O–H groups in total. The lowest BCUT2D eigenvalue weighted by molar-refractivity contribution is -0.118. The Kier molecular flexibility index (Phi) is 8.48. The van der Waals surface area contributed by atoms with Gasteiger partial charge in [-0.15, -0.1) is 0 Å². The zero-order chi connectivity index (χ0) is 24.1. The van der Waals surface area contributed by atoms with E-state index in [9.17, 15) is 10.1 Å². The van der Waals surface area contributed by atoms with Crippen LogP contribution in [-0.2, 0) is 11.4 Å². The van der Waals surface area contributed by atoms with E-state index in [1.807, 2.05) is 30.3 Å². The number of ether oxygens (including phenoxy) is 1. The first-order valence-electron chi connectivity index (χ1n) is 11.5. The Morgan fingerprint density at radius 1 is 1.12 bits per heavy atom. The van der Waals surface area contributed by atoms with Crippen LogP contribution in [0, 0.1) is 24.4 Å². The van der Waals surface area contributed by atoms with Crippen LogP contribution in [0.25, 0.3) is 16.8 Å². The van der Waals surface area contributed by atoms with Crippen molar-refractivity contribution >= 4 is 67.9 Å². The lowest BCUT2D eigenvalue weighted by Gasteiger charge is -2.29. The fraction of sp³-hybridized carbons (Fsp3) is 0.286. The normalized spacial score (nSPS) is 18.4. The number of nitrogens with zero attached hydrogens (tertiary/aromatic N) is 1. The van der Waals surface area contributed by atoms with E-state index in [2.05, 4.69) is 87.8 Å². The lowest BCUT2D eigenvalue weighted by Crippen LogP contribution is -2.41. The molecule has 3 aromatic rings. The number of nitrogens with one attached hydrogen (secondary N) is 1. The molecule has 0 spiro atoms. The van der Waals surface area contributed by atoms with Gasteiger partial charge in [-0.25, -0.2) is 0 Å². The number of rotatable bonds is 6. The summed E-state index contributed by atoms with van der Waals surface area (Å²) in [6.45, 7) is 2.63. The molecule has 0 aromatic heterocycles. The predicted octanol–water partition coefficient (Wildman–Crippen LogP) is 7.23. The first-order valence-corrected chi connectivity index (χ1v) is 13.6. The second kappa shape index (κ2) is 11.5. The van der Waals surface area contributed by atoms with Crippen molar-refractivity contribution in [3.63, 3.8) is 0 Å². The molecular formula is C28H26I2N2O2. The Balaban J connectivity index is 1.50. The number of benzene rings is 3. The maximum Gasteiger partial charge on any atom is 0.262 e. The summed E-state index contributed by atoms with van der Waals surface area (Å²) in [7, 11) is 0. The van der Waals surface area contributed by atoms with E-state index in [4.69, 9.17) is 4.74 Å². The second-order valence-corrected chi connectivity index (χ2v) is 11.1. The zero-order valence-corrected chi connectivity index (χ0v) is 23.3. The molecule has 0 aliphatic heterocycles. The van der Waals surface area contributed by atoms with Crippen LogP contribution in [0.5, 0.6) is 5.75 Å². The summed E-state index contributed by atoms with van der Waals surface area (Å²) in [5.74, 6) is 0.963. The standard InChI is InChI=1S/C28H26I2N2O2/c1-18-7-2-5-12-26(18)32-28(33)22(16-31)13-19-14-24(29)27(25(30)15-19)34-17-21-10-6-9-20-8-3-4-11-23(20)21/h3-4,6,8-11,13-15,18,26H,2,5,7,12,17H2,1H3,(H,32,33)/b22-13+/t18-,26+/m0/s1. The number of halogens is 2. The highest BCUT2D eigenvalue weighted by Gasteiger charge is 2.24. The van der Waals surface area contributed by atoms with Gasteiger partial charge >= 0.3 is 0 Å². The molecule has 4 rings (SSSR count). The van der Waals surface area contributed by atoms with E-state index < -0.39 is 0 Å². The fourth-order valence-electron chi connectivity index (χ4n) is 4.46. The number of carbonyl (C=O) groups is 1. The van der Waals surface area contributed by atoms with Gasteiger partial charge in [0.25, 0.3) is 5.91 Å². The maximum atomic E-state index is 12.8. The maximum absolute atomic E-state index is 12.8. The highest BCUT2D eigenvalue weighted by atomic mass is 127. The van der Waals surface area contributed by atoms with Crippen molar-refractivity contribution in [1.82, 2.24) is 5.32 Å². The van der Waals surface area contributed by atoms with Gasteiger partial charge in [0.05, 0.1) is 7.14 Å². The Morgan fingerprint density at radius 2 is 1.82 bits per heavy atom. The molecule has 1 saturated carbocycles. The Labute approximate surface area is 228 Å². The van der Waals surface area contributed by atoms with Crippen LogP contribution in [0.2, 0.25) is 0 Å². The van der Waals surface area contributed by atoms with Crippen LogP contribution < -0.4 is 10.1 Å². The summed E-state index contributed by atoms with van der Waals surface area (Å²) in [5, 5.41) is 15.1. The molecule has 34 heavy (non-hydrogen) atoms. The topological polar surface area (TPSA) is 62.1 Å². The van der Waals surface area contributed by atoms with Gasteiger partial charge in [0, 0.05) is 6.04 Å². The average Bonchev–Trinajstić information content (AvgIpc) is 2.83. The molecule has 0 saturated heterocycles. The summed E-state index contributed by atoms with van der Waals surface area (Å²) < 4.78 is 8.11. The molecule has 2 atom stereocenters. The molecular weight excluding hydrogens is 650 g/mol. The van der Waals surface area contributed by atoms with E-state index in [1.54, 1.807) is 6.08 Å². The Hall–Kier alpha value is -2.12. The summed E-state index contributed by atoms with van der Waals surface area (Å²) in [5.41, 5.74) is 2.08. The van der Waals surface area contributed by atoms with Crippen molar-refractivity contribution in [3.8, 4) is 11.8 Å². The van der Waals surface area contributed by atoms with Gasteiger partial charge in [-0.05, 0) is 104 Å². The van der Waals surface area contributed by atoms with Gasteiger partial charge in [0.2, 0.25) is 0 Å². The number of amides is 1. The predicted molar refractivity (Wildman–Crippen MR) is 153 cm³/mol. The van der Waals surface area contributed by atoms with Crippen LogP contribution in [0.15, 0.2) is 60.2 Å². The van der Waals surface area contributed by atoms with Crippen LogP contribution in [0.3, 0.4) is 0 Å². The number of carbonyl (C=O) groups excluding carboxylic acids is 1. The molecule has 0 radical (unpaired) electrons. The SMILES string of the molecule is C[C@H]1CCCC[C@H]1NC(=O)/C(C#N)=C/c1cc(I)c(OCc2cccc3ccccc23)c(I)c1. The van der Waals surface area contributed by atoms with E-state index in [0.29, 0.717) is 12.5 Å². The van der Waals surface area contributed by atoms with Crippen LogP contribution in [0.1, 0.15) is 43.7 Å². The monoisotopic (exact) mass is 676 g/mol. The van der Waals surface area contributed by atoms with Crippen LogP contribution >= 0.6 is 45.2 Å². The molecule has 0 heterocycles. The van der Waals surface area contributed by atoms with E-state index in [0.717, 1.165) is 43.3 Å². The quantitative estimate of drug-likeness (QED) is 0.170. The molecule has 0 unspecified atom stereocenters. The number of hydrogen-bond acceptors (Lipinski definition) is 3. The van der Waals surface area contributed by atoms with Gasteiger partial charge in [-0.3, -0.25) is 4.79 Å². The Morgan fingerprint density at radius 3 is 2.56 bits per heavy atom. The summed E-state index contributed by atoms with van der Waals surface area (Å²) in [6.07, 6.45) is 6.09. The number of nitriles is 1. The third kappa shape index (κ3) is 5.92. The van der Waals surface area contributed by atoms with E-state index >= 15 is 0 Å². The first kappa shape index (κ1) is 25.0. The van der Waals surface area contributed by atoms with Crippen molar-refractivity contribution in [2.75, 3.05) is 0 Å². The number of fused-ring (bicyclic) bond motifs is 1. The molecule has 0 bridgehead atoms. The average molecular weight is 676 g/mol. The van der Waals surface area contributed by atoms with Crippen molar-refractivity contribution in [3.05, 3.63) is 78.4 Å². The zero-order valence-electron chi connectivity index (χ0n) is 19.0. The molecule has 1 amide bonds. The molecule has 1 aliphatic carbocycles. The van der Waals surface area contributed by atoms with E-state index in [1.165, 1.54) is 17.2 Å². The van der Waals surface area contributed by atoms with Crippen LogP contribution in [-0.4, -0.2) is 11.9 Å². The molecule has 1 fully saturated rings. The van der Waals surface area contributed by atoms with Gasteiger partial charge in [0.1, 0.15) is 24.0 Å². The molecule has 174 valence electrons. The van der Waals surface area contributed by atoms with Gasteiger partial charge in [-0.2, -0.15) is 5.26 Å². The lowest BCUT2D eigenvalue weighted by atomic mass is 9.86. The third-order valence-corrected chi connectivity index (χ3v) is 7.98. The minimum absolute atomic E-state index is 0.133. The van der Waals surface area contributed by atoms with Gasteiger partial charge < -0.3 is 10.1 Å². The first-order chi connectivity index (χ1) is 16.5. The Bertz CT molecular complexity index is 1250. The molecule has 4 nitrogen and oxygen atoms in total. The minimum atomic E-state index is -0.289. The molecule has 6 heteroatoms. The smallest absolute Gasteiger partial charge is 0.262 e. The third-order valence-electron chi connectivity index (χ3n) is 6.38. The van der Waals surface area contributed by atoms with E-state index in [-0.39, 0.29) is 17.5 Å². The highest BCUT2D eigenvalue weighted by Crippen LogP contribution is 2.31. The highest BCUT2D eigenvalue weighted by molar-refractivity contribution is 14.1. The van der Waals surface area contributed by atoms with Crippen LogP contribution in [0.4, 0.5) is 0 Å². The summed E-state index contributed by atoms with van der Waals surface area (Å²) in [6, 6.07) is 20.7. The van der Waals surface area contributed by atoms with Crippen molar-refractivity contribution in [1.29, 1.82) is 5.26 Å². The fourth-order valence-corrected chi connectivity index (χ4v) is 6.59. The molecule has 3 aromatic carbocycles.